The number of hydrogen-bond acceptors (Lipinski definition) is 2. The fourth-order valence-corrected chi connectivity index (χ4v) is 2.54. The van der Waals surface area contributed by atoms with Gasteiger partial charge >= 0.3 is 6.03 Å². The highest BCUT2D eigenvalue weighted by Gasteiger charge is 2.24. The molecule has 102 valence electrons. The second kappa shape index (κ2) is 4.89. The molecule has 20 heavy (non-hydrogen) atoms. The van der Waals surface area contributed by atoms with Crippen LogP contribution in [-0.2, 0) is 13.1 Å². The highest BCUT2D eigenvalue weighted by atomic mass is 16.2. The molecule has 2 aromatic carbocycles. The van der Waals surface area contributed by atoms with Gasteiger partial charge in [-0.15, -0.1) is 0 Å². The fraction of sp³-hybridized carbons (Fsp3) is 0.188. The highest BCUT2D eigenvalue weighted by molar-refractivity contribution is 5.92. The van der Waals surface area contributed by atoms with E-state index in [0.717, 1.165) is 0 Å². The number of anilines is 2. The number of nitrogens with zero attached hydrogens (tertiary/aromatic N) is 1. The predicted octanol–water partition coefficient (Wildman–Crippen LogP) is 3.12. The molecule has 0 aromatic heterocycles. The summed E-state index contributed by atoms with van der Waals surface area (Å²) in [6.45, 7) is 3.38. The molecule has 2 aromatic rings. The molecule has 3 rings (SSSR count). The fourth-order valence-electron chi connectivity index (χ4n) is 2.54. The van der Waals surface area contributed by atoms with Crippen LogP contribution in [0.25, 0.3) is 0 Å². The number of aryl methyl sites for hydroxylation is 1. The van der Waals surface area contributed by atoms with Gasteiger partial charge in [0.2, 0.25) is 0 Å². The Labute approximate surface area is 118 Å². The van der Waals surface area contributed by atoms with Crippen LogP contribution in [-0.4, -0.2) is 10.9 Å². The molecule has 0 saturated carbocycles. The van der Waals surface area contributed by atoms with Crippen molar-refractivity contribution in [1.29, 1.82) is 0 Å². The second-order valence-corrected chi connectivity index (χ2v) is 5.09. The van der Waals surface area contributed by atoms with E-state index in [-0.39, 0.29) is 6.03 Å². The van der Waals surface area contributed by atoms with E-state index in [4.69, 9.17) is 5.73 Å². The van der Waals surface area contributed by atoms with E-state index in [9.17, 15) is 4.79 Å². The number of nitrogen functional groups attached to an aromatic ring is 1. The smallest absolute Gasteiger partial charge is 0.322 e. The van der Waals surface area contributed by atoms with Gasteiger partial charge in [-0.3, -0.25) is 0 Å². The van der Waals surface area contributed by atoms with Crippen molar-refractivity contribution in [1.82, 2.24) is 4.90 Å². The number of carbonyl (C=O) groups is 1. The quantitative estimate of drug-likeness (QED) is 0.780. The van der Waals surface area contributed by atoms with Gasteiger partial charge in [0, 0.05) is 13.1 Å². The summed E-state index contributed by atoms with van der Waals surface area (Å²) in [7, 11) is 0. The van der Waals surface area contributed by atoms with Gasteiger partial charge in [-0.2, -0.15) is 0 Å². The van der Waals surface area contributed by atoms with Crippen LogP contribution in [0.5, 0.6) is 0 Å². The van der Waals surface area contributed by atoms with Gasteiger partial charge in [0.05, 0.1) is 11.4 Å². The highest BCUT2D eigenvalue weighted by Crippen LogP contribution is 2.26. The molecule has 0 unspecified atom stereocenters. The molecule has 4 heteroatoms. The van der Waals surface area contributed by atoms with Crippen LogP contribution in [0.3, 0.4) is 0 Å². The van der Waals surface area contributed by atoms with Crippen LogP contribution >= 0.6 is 0 Å². The van der Waals surface area contributed by atoms with Crippen molar-refractivity contribution in [2.24, 2.45) is 0 Å². The minimum atomic E-state index is -0.112. The third-order valence-corrected chi connectivity index (χ3v) is 3.71. The number of hydrogen-bond donors (Lipinski definition) is 2. The van der Waals surface area contributed by atoms with Gasteiger partial charge in [0.15, 0.2) is 0 Å². The summed E-state index contributed by atoms with van der Waals surface area (Å²) in [4.78, 5) is 14.1. The minimum Gasteiger partial charge on any atom is -0.397 e. The first-order chi connectivity index (χ1) is 9.65. The number of carbonyl (C=O) groups excluding carboxylic acids is 1. The van der Waals surface area contributed by atoms with E-state index < -0.39 is 0 Å². The molecule has 0 saturated heterocycles. The van der Waals surface area contributed by atoms with Crippen LogP contribution < -0.4 is 11.1 Å². The molecule has 0 atom stereocenters. The van der Waals surface area contributed by atoms with Crippen LogP contribution in [0.2, 0.25) is 0 Å². The molecular weight excluding hydrogens is 250 g/mol. The van der Waals surface area contributed by atoms with Gasteiger partial charge in [-0.05, 0) is 35.7 Å². The molecular formula is C16H17N3O. The predicted molar refractivity (Wildman–Crippen MR) is 80.3 cm³/mol. The largest absolute Gasteiger partial charge is 0.397 e. The number of amides is 2. The van der Waals surface area contributed by atoms with E-state index in [1.807, 2.05) is 24.3 Å². The molecule has 1 heterocycles. The zero-order valence-corrected chi connectivity index (χ0v) is 11.4. The first-order valence-corrected chi connectivity index (χ1v) is 6.63. The Hall–Kier alpha value is -2.49. The SMILES string of the molecule is Cc1cccc2c1CN(C(=O)Nc1ccccc1N)C2. The molecule has 0 aliphatic carbocycles. The lowest BCUT2D eigenvalue weighted by Gasteiger charge is -2.17. The Balaban J connectivity index is 1.75. The van der Waals surface area contributed by atoms with E-state index in [1.54, 1.807) is 11.0 Å². The summed E-state index contributed by atoms with van der Waals surface area (Å²) in [5, 5.41) is 2.87. The summed E-state index contributed by atoms with van der Waals surface area (Å²) >= 11 is 0. The van der Waals surface area contributed by atoms with Gasteiger partial charge in [0.1, 0.15) is 0 Å². The van der Waals surface area contributed by atoms with Crippen molar-refractivity contribution >= 4 is 17.4 Å². The Morgan fingerprint density at radius 2 is 1.95 bits per heavy atom. The van der Waals surface area contributed by atoms with Crippen molar-refractivity contribution in [2.45, 2.75) is 20.0 Å². The Morgan fingerprint density at radius 1 is 1.15 bits per heavy atom. The Bertz CT molecular complexity index is 667. The number of para-hydroxylation sites is 2. The molecule has 0 radical (unpaired) electrons. The number of benzene rings is 2. The van der Waals surface area contributed by atoms with Gasteiger partial charge in [-0.1, -0.05) is 30.3 Å². The monoisotopic (exact) mass is 267 g/mol. The Morgan fingerprint density at radius 3 is 2.70 bits per heavy atom. The van der Waals surface area contributed by atoms with Crippen LogP contribution in [0.4, 0.5) is 16.2 Å². The normalized spacial score (nSPS) is 13.2. The van der Waals surface area contributed by atoms with E-state index >= 15 is 0 Å². The van der Waals surface area contributed by atoms with Crippen molar-refractivity contribution in [3.8, 4) is 0 Å². The number of urea groups is 1. The van der Waals surface area contributed by atoms with Crippen LogP contribution in [0.1, 0.15) is 16.7 Å². The first kappa shape index (κ1) is 12.5. The van der Waals surface area contributed by atoms with E-state index in [1.165, 1.54) is 16.7 Å². The van der Waals surface area contributed by atoms with E-state index in [2.05, 4.69) is 24.4 Å². The number of fused-ring (bicyclic) bond motifs is 1. The summed E-state index contributed by atoms with van der Waals surface area (Å²) in [6.07, 6.45) is 0. The van der Waals surface area contributed by atoms with E-state index in [0.29, 0.717) is 24.5 Å². The van der Waals surface area contributed by atoms with Crippen molar-refractivity contribution in [3.05, 3.63) is 59.2 Å². The molecule has 0 fully saturated rings. The lowest BCUT2D eigenvalue weighted by atomic mass is 10.1. The third kappa shape index (κ3) is 2.20. The van der Waals surface area contributed by atoms with Crippen molar-refractivity contribution in [2.75, 3.05) is 11.1 Å². The lowest BCUT2D eigenvalue weighted by molar-refractivity contribution is 0.212. The average molecular weight is 267 g/mol. The van der Waals surface area contributed by atoms with Crippen LogP contribution in [0, 0.1) is 6.92 Å². The lowest BCUT2D eigenvalue weighted by Crippen LogP contribution is -2.30. The van der Waals surface area contributed by atoms with Gasteiger partial charge < -0.3 is 16.0 Å². The standard InChI is InChI=1S/C16H17N3O/c1-11-5-4-6-12-9-19(10-13(11)12)16(20)18-15-8-3-2-7-14(15)17/h2-8H,9-10,17H2,1H3,(H,18,20). The van der Waals surface area contributed by atoms with Crippen LogP contribution in [0.15, 0.2) is 42.5 Å². The molecule has 1 aliphatic rings. The number of nitrogens with two attached hydrogens (primary N) is 1. The number of nitrogens with one attached hydrogen (secondary N) is 1. The summed E-state index contributed by atoms with van der Waals surface area (Å²) < 4.78 is 0. The van der Waals surface area contributed by atoms with Crippen molar-refractivity contribution < 1.29 is 4.79 Å². The molecule has 2 amide bonds. The van der Waals surface area contributed by atoms with Gasteiger partial charge in [0.25, 0.3) is 0 Å². The zero-order chi connectivity index (χ0) is 14.1. The molecule has 4 nitrogen and oxygen atoms in total. The second-order valence-electron chi connectivity index (χ2n) is 5.09. The van der Waals surface area contributed by atoms with Crippen molar-refractivity contribution in [3.63, 3.8) is 0 Å². The maximum Gasteiger partial charge on any atom is 0.322 e. The Kier molecular flexibility index (Phi) is 3.06. The maximum atomic E-state index is 12.3. The molecule has 1 aliphatic heterocycles. The summed E-state index contributed by atoms with van der Waals surface area (Å²) in [6, 6.07) is 13.4. The zero-order valence-electron chi connectivity index (χ0n) is 11.4. The molecule has 0 bridgehead atoms. The minimum absolute atomic E-state index is 0.112. The first-order valence-electron chi connectivity index (χ1n) is 6.63. The summed E-state index contributed by atoms with van der Waals surface area (Å²) in [5.41, 5.74) is 10.8. The molecule has 3 N–H and O–H groups in total. The average Bonchev–Trinajstić information content (AvgIpc) is 2.87. The maximum absolute atomic E-state index is 12.3. The third-order valence-electron chi connectivity index (χ3n) is 3.71. The number of rotatable bonds is 1. The topological polar surface area (TPSA) is 58.4 Å². The molecule has 0 spiro atoms. The summed E-state index contributed by atoms with van der Waals surface area (Å²) in [5.74, 6) is 0. The van der Waals surface area contributed by atoms with Gasteiger partial charge in [-0.25, -0.2) is 4.79 Å².